The largest absolute Gasteiger partial charge is 0.405 e. The highest BCUT2D eigenvalue weighted by Crippen LogP contribution is 2.20. The van der Waals surface area contributed by atoms with Crippen molar-refractivity contribution >= 4 is 12.1 Å². The molecule has 3 nitrogen and oxygen atoms in total. The minimum atomic E-state index is 0.595. The van der Waals surface area contributed by atoms with Crippen LogP contribution in [0.3, 0.4) is 0 Å². The van der Waals surface area contributed by atoms with E-state index in [1.807, 2.05) is 12.1 Å². The molecule has 1 aromatic heterocycles. The van der Waals surface area contributed by atoms with Gasteiger partial charge in [-0.25, -0.2) is 4.98 Å². The second kappa shape index (κ2) is 1.55. The van der Waals surface area contributed by atoms with Crippen LogP contribution in [-0.4, -0.2) is 11.4 Å². The molecule has 1 aliphatic rings. The molecular formula is C6H4N2O+. The molecule has 0 saturated carbocycles. The van der Waals surface area contributed by atoms with E-state index >= 15 is 0 Å². The Morgan fingerprint density at radius 2 is 2.56 bits per heavy atom. The lowest BCUT2D eigenvalue weighted by molar-refractivity contribution is 0.567. The maximum absolute atomic E-state index is 4.90. The molecular weight excluding hydrogens is 116 g/mol. The van der Waals surface area contributed by atoms with Gasteiger partial charge in [-0.1, -0.05) is 0 Å². The van der Waals surface area contributed by atoms with Crippen molar-refractivity contribution in [2.45, 2.75) is 0 Å². The molecule has 0 atom stereocenters. The summed E-state index contributed by atoms with van der Waals surface area (Å²) in [6.07, 6.45) is 3.06. The van der Waals surface area contributed by atoms with Gasteiger partial charge in [-0.05, 0) is 6.07 Å². The van der Waals surface area contributed by atoms with Gasteiger partial charge in [0, 0.05) is 12.3 Å². The molecule has 2 rings (SSSR count). The summed E-state index contributed by atoms with van der Waals surface area (Å²) in [7, 11) is 0. The van der Waals surface area contributed by atoms with Crippen molar-refractivity contribution in [3.63, 3.8) is 0 Å². The fraction of sp³-hybridized carbons (Fsp3) is 0. The zero-order valence-electron chi connectivity index (χ0n) is 4.61. The number of aromatic nitrogens is 1. The monoisotopic (exact) mass is 120 g/mol. The number of pyridine rings is 1. The summed E-state index contributed by atoms with van der Waals surface area (Å²) in [6, 6.07) is 3.68. The highest BCUT2D eigenvalue weighted by molar-refractivity contribution is 5.66. The molecule has 0 amide bonds. The Morgan fingerprint density at radius 1 is 1.56 bits per heavy atom. The van der Waals surface area contributed by atoms with E-state index in [0.29, 0.717) is 5.88 Å². The average molecular weight is 120 g/mol. The number of ether oxygens (including phenoxy) is 1. The highest BCUT2D eigenvalue weighted by Gasteiger charge is 2.19. The molecule has 0 spiro atoms. The van der Waals surface area contributed by atoms with Gasteiger partial charge < -0.3 is 4.74 Å². The minimum Gasteiger partial charge on any atom is -0.380 e. The fourth-order valence-corrected chi connectivity index (χ4v) is 0.704. The molecule has 9 heavy (non-hydrogen) atoms. The van der Waals surface area contributed by atoms with E-state index in [2.05, 4.69) is 9.98 Å². The lowest BCUT2D eigenvalue weighted by Gasteiger charge is -1.82. The predicted octanol–water partition coefficient (Wildman–Crippen LogP) is 0.470. The maximum atomic E-state index is 4.90. The maximum Gasteiger partial charge on any atom is 0.405 e. The van der Waals surface area contributed by atoms with Crippen LogP contribution in [0.25, 0.3) is 0 Å². The van der Waals surface area contributed by atoms with E-state index in [9.17, 15) is 0 Å². The van der Waals surface area contributed by atoms with Gasteiger partial charge in [0.15, 0.2) is 0 Å². The minimum absolute atomic E-state index is 0.595. The molecule has 0 fully saturated rings. The van der Waals surface area contributed by atoms with Crippen LogP contribution in [0.2, 0.25) is 0 Å². The molecule has 0 aliphatic carbocycles. The van der Waals surface area contributed by atoms with Crippen molar-refractivity contribution < 1.29 is 4.74 Å². The molecule has 1 aromatic rings. The number of rotatable bonds is 0. The van der Waals surface area contributed by atoms with E-state index in [4.69, 9.17) is 4.74 Å². The van der Waals surface area contributed by atoms with Crippen molar-refractivity contribution in [2.24, 2.45) is 0 Å². The Labute approximate surface area is 52.0 Å². The Hall–Kier alpha value is -1.38. The van der Waals surface area contributed by atoms with Gasteiger partial charge >= 0.3 is 18.0 Å². The second-order valence-electron chi connectivity index (χ2n) is 1.68. The Morgan fingerprint density at radius 3 is 3.44 bits per heavy atom. The number of aliphatic imine (C=N–C) groups is 1. The molecule has 3 heteroatoms. The van der Waals surface area contributed by atoms with Crippen molar-refractivity contribution in [2.75, 3.05) is 0 Å². The molecule has 0 aromatic carbocycles. The zero-order chi connectivity index (χ0) is 6.10. The van der Waals surface area contributed by atoms with Crippen LogP contribution in [0.5, 0.6) is 5.88 Å². The van der Waals surface area contributed by atoms with Crippen LogP contribution in [-0.2, 0) is 0 Å². The molecule has 43 valence electrons. The van der Waals surface area contributed by atoms with Crippen LogP contribution >= 0.6 is 0 Å². The molecule has 1 radical (unpaired) electrons. The number of hydrogen-bond donors (Lipinski definition) is 0. The molecule has 0 saturated heterocycles. The van der Waals surface area contributed by atoms with Gasteiger partial charge in [0.2, 0.25) is 0 Å². The summed E-state index contributed by atoms with van der Waals surface area (Å²) in [6.45, 7) is 0. The molecule has 2 heterocycles. The SMILES string of the molecule is C1=[N+]c2cccnc2O1. The lowest BCUT2D eigenvalue weighted by atomic mass is 10.4. The molecule has 0 unspecified atom stereocenters. The van der Waals surface area contributed by atoms with Gasteiger partial charge in [0.05, 0.1) is 0 Å². The summed E-state index contributed by atoms with van der Waals surface area (Å²) < 4.78 is 4.90. The van der Waals surface area contributed by atoms with Crippen molar-refractivity contribution in [1.29, 1.82) is 0 Å². The highest BCUT2D eigenvalue weighted by atomic mass is 16.5. The predicted molar refractivity (Wildman–Crippen MR) is 32.7 cm³/mol. The number of hydrogen-bond acceptors (Lipinski definition) is 3. The van der Waals surface area contributed by atoms with E-state index in [-0.39, 0.29) is 0 Å². The third-order valence-corrected chi connectivity index (χ3v) is 1.11. The van der Waals surface area contributed by atoms with E-state index in [1.54, 1.807) is 6.20 Å². The number of fused-ring (bicyclic) bond motifs is 1. The first-order chi connectivity index (χ1) is 4.47. The van der Waals surface area contributed by atoms with Crippen molar-refractivity contribution in [1.82, 2.24) is 9.98 Å². The van der Waals surface area contributed by atoms with E-state index in [0.717, 1.165) is 5.69 Å². The Bertz CT molecular complexity index is 257. The van der Waals surface area contributed by atoms with Gasteiger partial charge in [0.25, 0.3) is 0 Å². The van der Waals surface area contributed by atoms with Gasteiger partial charge in [-0.2, -0.15) is 0 Å². The second-order valence-corrected chi connectivity index (χ2v) is 1.68. The zero-order valence-corrected chi connectivity index (χ0v) is 4.61. The summed E-state index contributed by atoms with van der Waals surface area (Å²) in [5, 5.41) is 0. The first-order valence-corrected chi connectivity index (χ1v) is 2.61. The quantitative estimate of drug-likeness (QED) is 0.499. The normalized spacial score (nSPS) is 12.9. The summed E-state index contributed by atoms with van der Waals surface area (Å²) >= 11 is 0. The van der Waals surface area contributed by atoms with Gasteiger partial charge in [0.1, 0.15) is 4.99 Å². The summed E-state index contributed by atoms with van der Waals surface area (Å²) in [5.74, 6) is 0.595. The molecule has 0 N–H and O–H groups in total. The van der Waals surface area contributed by atoms with Crippen molar-refractivity contribution in [3.8, 4) is 5.88 Å². The average Bonchev–Trinajstić information content (AvgIpc) is 2.33. The smallest absolute Gasteiger partial charge is 0.380 e. The number of nitrogens with zero attached hydrogens (tertiary/aromatic N) is 2. The molecule has 0 bridgehead atoms. The standard InChI is InChI=1S/C6H4N2O/c1-2-5-6(7-3-1)9-4-8-5/h1-4H/q+1. The molecule has 1 aliphatic heterocycles. The van der Waals surface area contributed by atoms with Gasteiger partial charge in [-0.15, -0.1) is 0 Å². The van der Waals surface area contributed by atoms with E-state index < -0.39 is 0 Å². The van der Waals surface area contributed by atoms with E-state index in [1.165, 1.54) is 6.40 Å². The van der Waals surface area contributed by atoms with Crippen LogP contribution in [0, 0.1) is 0 Å². The first kappa shape index (κ1) is 4.49. The fourth-order valence-electron chi connectivity index (χ4n) is 0.704. The van der Waals surface area contributed by atoms with Crippen LogP contribution < -0.4 is 9.73 Å². The Kier molecular flexibility index (Phi) is 0.773. The van der Waals surface area contributed by atoms with Gasteiger partial charge in [-0.3, -0.25) is 0 Å². The third kappa shape index (κ3) is 0.579. The Balaban J connectivity index is 2.63. The first-order valence-electron chi connectivity index (χ1n) is 2.61. The van der Waals surface area contributed by atoms with Crippen LogP contribution in [0.4, 0.5) is 5.69 Å². The summed E-state index contributed by atoms with van der Waals surface area (Å²) in [5.41, 5.74) is 0.803. The third-order valence-electron chi connectivity index (χ3n) is 1.11. The van der Waals surface area contributed by atoms with Crippen LogP contribution in [0.15, 0.2) is 18.3 Å². The summed E-state index contributed by atoms with van der Waals surface area (Å²) in [4.78, 5) is 7.80. The topological polar surface area (TPSA) is 36.2 Å². The van der Waals surface area contributed by atoms with Crippen molar-refractivity contribution in [3.05, 3.63) is 18.3 Å². The lowest BCUT2D eigenvalue weighted by Crippen LogP contribution is -1.83. The van der Waals surface area contributed by atoms with Crippen LogP contribution in [0.1, 0.15) is 0 Å².